The second-order valence-corrected chi connectivity index (χ2v) is 8.22. The molecule has 1 aliphatic heterocycles. The Bertz CT molecular complexity index is 945. The van der Waals surface area contributed by atoms with Crippen LogP contribution in [-0.2, 0) is 5.75 Å². The number of carbonyl (C=O) groups is 1. The molecule has 0 amide bonds. The zero-order valence-electron chi connectivity index (χ0n) is 13.2. The van der Waals surface area contributed by atoms with E-state index in [9.17, 15) is 4.79 Å². The summed E-state index contributed by atoms with van der Waals surface area (Å²) >= 11 is 3.25. The summed E-state index contributed by atoms with van der Waals surface area (Å²) in [7, 11) is 0. The first-order valence-corrected chi connectivity index (χ1v) is 9.65. The number of para-hydroxylation sites is 2. The largest absolute Gasteiger partial charge is 0.360 e. The molecule has 2 heterocycles. The SMILES string of the molecule is C[C@H](SC1=Nc2ccccc2CS1)C(=O)c1c[nH]c2ccccc12. The summed E-state index contributed by atoms with van der Waals surface area (Å²) in [5.41, 5.74) is 4.02. The van der Waals surface area contributed by atoms with Gasteiger partial charge in [-0.3, -0.25) is 4.79 Å². The number of aromatic amines is 1. The Morgan fingerprint density at radius 1 is 1.21 bits per heavy atom. The molecule has 5 heteroatoms. The number of aliphatic imine (C=N–C) groups is 1. The lowest BCUT2D eigenvalue weighted by molar-refractivity contribution is 0.0996. The maximum atomic E-state index is 12.8. The van der Waals surface area contributed by atoms with Crippen molar-refractivity contribution in [1.29, 1.82) is 0 Å². The first kappa shape index (κ1) is 15.5. The third-order valence-corrected chi connectivity index (χ3v) is 6.35. The minimum absolute atomic E-state index is 0.139. The second-order valence-electron chi connectivity index (χ2n) is 5.67. The number of thioether (sulfide) groups is 2. The van der Waals surface area contributed by atoms with Crippen molar-refractivity contribution >= 4 is 50.3 Å². The van der Waals surface area contributed by atoms with E-state index in [4.69, 9.17) is 4.99 Å². The lowest BCUT2D eigenvalue weighted by Gasteiger charge is -2.16. The Morgan fingerprint density at radius 2 is 2.00 bits per heavy atom. The molecule has 0 spiro atoms. The van der Waals surface area contributed by atoms with Crippen molar-refractivity contribution in [3.63, 3.8) is 0 Å². The highest BCUT2D eigenvalue weighted by Crippen LogP contribution is 2.36. The van der Waals surface area contributed by atoms with Gasteiger partial charge in [0, 0.05) is 28.4 Å². The molecule has 4 rings (SSSR count). The fourth-order valence-electron chi connectivity index (χ4n) is 2.77. The molecule has 2 aromatic carbocycles. The molecule has 0 bridgehead atoms. The first-order chi connectivity index (χ1) is 11.7. The molecule has 1 N–H and O–H groups in total. The van der Waals surface area contributed by atoms with E-state index < -0.39 is 0 Å². The number of nitrogens with zero attached hydrogens (tertiary/aromatic N) is 1. The molecule has 1 aliphatic rings. The van der Waals surface area contributed by atoms with Gasteiger partial charge in [0.25, 0.3) is 0 Å². The van der Waals surface area contributed by atoms with Crippen LogP contribution < -0.4 is 0 Å². The topological polar surface area (TPSA) is 45.2 Å². The molecule has 0 saturated heterocycles. The van der Waals surface area contributed by atoms with Gasteiger partial charge in [-0.15, -0.1) is 0 Å². The van der Waals surface area contributed by atoms with Crippen molar-refractivity contribution in [3.05, 3.63) is 65.9 Å². The molecular weight excluding hydrogens is 336 g/mol. The van der Waals surface area contributed by atoms with Crippen LogP contribution in [0.5, 0.6) is 0 Å². The minimum Gasteiger partial charge on any atom is -0.360 e. The zero-order valence-corrected chi connectivity index (χ0v) is 14.8. The number of hydrogen-bond acceptors (Lipinski definition) is 4. The summed E-state index contributed by atoms with van der Waals surface area (Å²) in [5.74, 6) is 1.05. The molecule has 0 fully saturated rings. The number of Topliss-reactive ketones (excluding diaryl/α,β-unsaturated/α-hetero) is 1. The van der Waals surface area contributed by atoms with Crippen LogP contribution in [0.2, 0.25) is 0 Å². The normalized spacial score (nSPS) is 15.0. The van der Waals surface area contributed by atoms with Gasteiger partial charge in [0.1, 0.15) is 4.38 Å². The molecule has 3 nitrogen and oxygen atoms in total. The highest BCUT2D eigenvalue weighted by molar-refractivity contribution is 8.39. The molecular formula is C19H16N2OS2. The molecule has 0 radical (unpaired) electrons. The van der Waals surface area contributed by atoms with Gasteiger partial charge in [0.15, 0.2) is 5.78 Å². The van der Waals surface area contributed by atoms with Crippen molar-refractivity contribution in [3.8, 4) is 0 Å². The van der Waals surface area contributed by atoms with Gasteiger partial charge < -0.3 is 4.98 Å². The average Bonchev–Trinajstić information content (AvgIpc) is 3.05. The smallest absolute Gasteiger partial charge is 0.178 e. The lowest BCUT2D eigenvalue weighted by Crippen LogP contribution is -2.15. The van der Waals surface area contributed by atoms with Crippen molar-refractivity contribution < 1.29 is 4.79 Å². The number of rotatable bonds is 3. The van der Waals surface area contributed by atoms with E-state index in [0.717, 1.165) is 32.3 Å². The van der Waals surface area contributed by atoms with Crippen LogP contribution in [0.4, 0.5) is 5.69 Å². The number of H-pyrrole nitrogens is 1. The quantitative estimate of drug-likeness (QED) is 0.641. The summed E-state index contributed by atoms with van der Waals surface area (Å²) < 4.78 is 0.967. The summed E-state index contributed by atoms with van der Waals surface area (Å²) in [4.78, 5) is 20.7. The van der Waals surface area contributed by atoms with Gasteiger partial charge in [-0.25, -0.2) is 4.99 Å². The van der Waals surface area contributed by atoms with Crippen LogP contribution in [0.15, 0.2) is 59.7 Å². The van der Waals surface area contributed by atoms with Crippen molar-refractivity contribution in [2.24, 2.45) is 4.99 Å². The fourth-order valence-corrected chi connectivity index (χ4v) is 5.03. The number of nitrogens with one attached hydrogen (secondary N) is 1. The van der Waals surface area contributed by atoms with E-state index in [1.807, 2.05) is 55.6 Å². The Balaban J connectivity index is 1.55. The second kappa shape index (κ2) is 6.49. The Morgan fingerprint density at radius 3 is 2.92 bits per heavy atom. The van der Waals surface area contributed by atoms with E-state index in [2.05, 4.69) is 11.1 Å². The monoisotopic (exact) mass is 352 g/mol. The van der Waals surface area contributed by atoms with Crippen LogP contribution in [0.25, 0.3) is 10.9 Å². The van der Waals surface area contributed by atoms with E-state index in [-0.39, 0.29) is 11.0 Å². The van der Waals surface area contributed by atoms with Crippen molar-refractivity contribution in [2.45, 2.75) is 17.9 Å². The van der Waals surface area contributed by atoms with Crippen LogP contribution in [0.3, 0.4) is 0 Å². The molecule has 0 saturated carbocycles. The van der Waals surface area contributed by atoms with Gasteiger partial charge in [0.2, 0.25) is 0 Å². The summed E-state index contributed by atoms with van der Waals surface area (Å²) in [6, 6.07) is 16.1. The van der Waals surface area contributed by atoms with E-state index in [1.54, 1.807) is 23.5 Å². The Hall–Kier alpha value is -1.98. The molecule has 1 atom stereocenters. The van der Waals surface area contributed by atoms with E-state index in [0.29, 0.717) is 0 Å². The number of ketones is 1. The number of fused-ring (bicyclic) bond motifs is 2. The standard InChI is InChI=1S/C19H16N2OS2/c1-12(18(22)15-10-20-17-9-5-3-7-14(15)17)24-19-21-16-8-4-2-6-13(16)11-23-19/h2-10,12,20H,11H2,1H3/t12-/m0/s1. The molecule has 24 heavy (non-hydrogen) atoms. The molecule has 1 aromatic heterocycles. The third-order valence-electron chi connectivity index (χ3n) is 4.06. The van der Waals surface area contributed by atoms with Crippen molar-refractivity contribution in [1.82, 2.24) is 4.98 Å². The van der Waals surface area contributed by atoms with Crippen LogP contribution in [0.1, 0.15) is 22.8 Å². The average molecular weight is 352 g/mol. The predicted octanol–water partition coefficient (Wildman–Crippen LogP) is 5.41. The van der Waals surface area contributed by atoms with Crippen LogP contribution in [-0.4, -0.2) is 20.4 Å². The number of hydrogen-bond donors (Lipinski definition) is 1. The van der Waals surface area contributed by atoms with Gasteiger partial charge in [-0.2, -0.15) is 0 Å². The molecule has 3 aromatic rings. The fraction of sp³-hybridized carbons (Fsp3) is 0.158. The lowest BCUT2D eigenvalue weighted by atomic mass is 10.1. The van der Waals surface area contributed by atoms with Gasteiger partial charge >= 0.3 is 0 Å². The van der Waals surface area contributed by atoms with Crippen LogP contribution >= 0.6 is 23.5 Å². The third kappa shape index (κ3) is 2.89. The first-order valence-electron chi connectivity index (χ1n) is 7.79. The van der Waals surface area contributed by atoms with E-state index in [1.165, 1.54) is 5.56 Å². The summed E-state index contributed by atoms with van der Waals surface area (Å²) in [6.07, 6.45) is 1.81. The maximum Gasteiger partial charge on any atom is 0.178 e. The van der Waals surface area contributed by atoms with Gasteiger partial charge in [-0.1, -0.05) is 59.9 Å². The molecule has 120 valence electrons. The number of benzene rings is 2. The zero-order chi connectivity index (χ0) is 16.5. The highest BCUT2D eigenvalue weighted by atomic mass is 32.2. The maximum absolute atomic E-state index is 12.8. The Labute approximate surface area is 149 Å². The summed E-state index contributed by atoms with van der Waals surface area (Å²) in [5, 5.41) is 0.819. The molecule has 0 unspecified atom stereocenters. The van der Waals surface area contributed by atoms with Gasteiger partial charge in [-0.05, 0) is 24.6 Å². The number of carbonyl (C=O) groups excluding carboxylic acids is 1. The Kier molecular flexibility index (Phi) is 4.21. The summed E-state index contributed by atoms with van der Waals surface area (Å²) in [6.45, 7) is 1.96. The predicted molar refractivity (Wildman–Crippen MR) is 105 cm³/mol. The highest BCUT2D eigenvalue weighted by Gasteiger charge is 2.23. The van der Waals surface area contributed by atoms with Gasteiger partial charge in [0.05, 0.1) is 10.9 Å². The molecule has 0 aliphatic carbocycles. The van der Waals surface area contributed by atoms with Crippen molar-refractivity contribution in [2.75, 3.05) is 0 Å². The van der Waals surface area contributed by atoms with E-state index >= 15 is 0 Å². The minimum atomic E-state index is -0.166. The van der Waals surface area contributed by atoms with Crippen LogP contribution in [0, 0.1) is 0 Å². The number of aromatic nitrogens is 1.